The van der Waals surface area contributed by atoms with Crippen molar-refractivity contribution in [1.82, 2.24) is 10.2 Å². The second kappa shape index (κ2) is 11.1. The maximum Gasteiger partial charge on any atom is 0.244 e. The van der Waals surface area contributed by atoms with Crippen LogP contribution in [0.5, 0.6) is 0 Å². The van der Waals surface area contributed by atoms with Gasteiger partial charge in [0.15, 0.2) is 0 Å². The number of aryl methyl sites for hydroxylation is 2. The highest BCUT2D eigenvalue weighted by Crippen LogP contribution is 2.27. The number of carbonyl (C=O) groups is 1. The number of rotatable bonds is 9. The topological polar surface area (TPSA) is 79.0 Å². The standard InChI is InChI=1S/C25H35N3O4S/c1-5-23(28(33(4,30)31)24-16-19(2)6-7-20(24)3)25(29)26-17-21-8-10-22(11-9-21)18-27-12-14-32-15-13-27/h6-11,16,23H,5,12-15,17-18H2,1-4H3,(H,26,29)/t23-/m1/s1. The first-order valence-electron chi connectivity index (χ1n) is 11.4. The van der Waals surface area contributed by atoms with Gasteiger partial charge in [-0.3, -0.25) is 14.0 Å². The zero-order valence-electron chi connectivity index (χ0n) is 20.0. The molecule has 1 N–H and O–H groups in total. The van der Waals surface area contributed by atoms with Crippen molar-refractivity contribution in [3.05, 3.63) is 64.7 Å². The van der Waals surface area contributed by atoms with Gasteiger partial charge in [-0.25, -0.2) is 8.42 Å². The SMILES string of the molecule is CC[C@H](C(=O)NCc1ccc(CN2CCOCC2)cc1)N(c1cc(C)ccc1C)S(C)(=O)=O. The van der Waals surface area contributed by atoms with Crippen molar-refractivity contribution in [2.45, 2.75) is 46.3 Å². The minimum Gasteiger partial charge on any atom is -0.379 e. The quantitative estimate of drug-likeness (QED) is 0.606. The first kappa shape index (κ1) is 25.2. The van der Waals surface area contributed by atoms with Crippen molar-refractivity contribution >= 4 is 21.6 Å². The zero-order valence-corrected chi connectivity index (χ0v) is 20.8. The second-order valence-corrected chi connectivity index (χ2v) is 10.6. The number of amides is 1. The van der Waals surface area contributed by atoms with Crippen LogP contribution in [0.15, 0.2) is 42.5 Å². The van der Waals surface area contributed by atoms with Crippen LogP contribution in [0.2, 0.25) is 0 Å². The lowest BCUT2D eigenvalue weighted by atomic mass is 10.1. The number of morpholine rings is 1. The first-order valence-corrected chi connectivity index (χ1v) is 13.3. The summed E-state index contributed by atoms with van der Waals surface area (Å²) in [5, 5.41) is 2.94. The van der Waals surface area contributed by atoms with Crippen LogP contribution in [0.25, 0.3) is 0 Å². The predicted octanol–water partition coefficient (Wildman–Crippen LogP) is 3.00. The third-order valence-electron chi connectivity index (χ3n) is 5.93. The molecule has 0 aromatic heterocycles. The largest absolute Gasteiger partial charge is 0.379 e. The number of anilines is 1. The monoisotopic (exact) mass is 473 g/mol. The molecule has 1 heterocycles. The molecule has 1 aliphatic heterocycles. The summed E-state index contributed by atoms with van der Waals surface area (Å²) in [5.74, 6) is -0.304. The summed E-state index contributed by atoms with van der Waals surface area (Å²) in [6.07, 6.45) is 1.52. The van der Waals surface area contributed by atoms with Crippen molar-refractivity contribution in [2.75, 3.05) is 36.9 Å². The van der Waals surface area contributed by atoms with E-state index in [0.717, 1.165) is 55.8 Å². The van der Waals surface area contributed by atoms with Crippen molar-refractivity contribution in [3.63, 3.8) is 0 Å². The van der Waals surface area contributed by atoms with Gasteiger partial charge in [0, 0.05) is 26.2 Å². The van der Waals surface area contributed by atoms with Crippen LogP contribution in [-0.4, -0.2) is 57.8 Å². The second-order valence-electron chi connectivity index (χ2n) is 8.70. The van der Waals surface area contributed by atoms with Gasteiger partial charge in [-0.2, -0.15) is 0 Å². The molecule has 0 spiro atoms. The van der Waals surface area contributed by atoms with E-state index in [2.05, 4.69) is 22.3 Å². The van der Waals surface area contributed by atoms with Gasteiger partial charge in [0.05, 0.1) is 25.2 Å². The fourth-order valence-corrected chi connectivity index (χ4v) is 5.34. The Kier molecular flexibility index (Phi) is 8.51. The molecule has 2 aromatic rings. The lowest BCUT2D eigenvalue weighted by Crippen LogP contribution is -2.49. The van der Waals surface area contributed by atoms with Crippen molar-refractivity contribution in [2.24, 2.45) is 0 Å². The number of hydrogen-bond donors (Lipinski definition) is 1. The van der Waals surface area contributed by atoms with Crippen molar-refractivity contribution in [3.8, 4) is 0 Å². The third-order valence-corrected chi connectivity index (χ3v) is 7.10. The summed E-state index contributed by atoms with van der Waals surface area (Å²) in [5.41, 5.74) is 4.50. The Morgan fingerprint density at radius 3 is 2.33 bits per heavy atom. The number of benzene rings is 2. The van der Waals surface area contributed by atoms with Gasteiger partial charge in [-0.05, 0) is 48.6 Å². The van der Waals surface area contributed by atoms with E-state index < -0.39 is 16.1 Å². The van der Waals surface area contributed by atoms with Gasteiger partial charge >= 0.3 is 0 Å². The van der Waals surface area contributed by atoms with Crippen LogP contribution >= 0.6 is 0 Å². The van der Waals surface area contributed by atoms with E-state index >= 15 is 0 Å². The fourth-order valence-electron chi connectivity index (χ4n) is 4.08. The molecular formula is C25H35N3O4S. The summed E-state index contributed by atoms with van der Waals surface area (Å²) < 4.78 is 32.1. The normalized spacial score (nSPS) is 15.8. The van der Waals surface area contributed by atoms with Gasteiger partial charge in [-0.1, -0.05) is 43.3 Å². The molecule has 180 valence electrons. The number of nitrogens with zero attached hydrogens (tertiary/aromatic N) is 2. The summed E-state index contributed by atoms with van der Waals surface area (Å²) in [6, 6.07) is 13.0. The molecule has 0 unspecified atom stereocenters. The smallest absolute Gasteiger partial charge is 0.244 e. The van der Waals surface area contributed by atoms with E-state index in [9.17, 15) is 13.2 Å². The Labute approximate surface area is 197 Å². The molecule has 1 atom stereocenters. The Morgan fingerprint density at radius 1 is 1.09 bits per heavy atom. The number of ether oxygens (including phenoxy) is 1. The molecule has 0 bridgehead atoms. The lowest BCUT2D eigenvalue weighted by molar-refractivity contribution is -0.122. The average Bonchev–Trinajstić information content (AvgIpc) is 2.78. The highest BCUT2D eigenvalue weighted by Gasteiger charge is 2.32. The molecule has 3 rings (SSSR count). The molecule has 8 heteroatoms. The van der Waals surface area contributed by atoms with Crippen LogP contribution in [0.1, 0.15) is 35.6 Å². The molecular weight excluding hydrogens is 438 g/mol. The van der Waals surface area contributed by atoms with E-state index in [0.29, 0.717) is 18.7 Å². The van der Waals surface area contributed by atoms with E-state index in [1.54, 1.807) is 0 Å². The number of nitrogens with one attached hydrogen (secondary N) is 1. The van der Waals surface area contributed by atoms with E-state index in [1.165, 1.54) is 9.87 Å². The maximum absolute atomic E-state index is 13.1. The third kappa shape index (κ3) is 6.79. The van der Waals surface area contributed by atoms with E-state index in [1.807, 2.05) is 51.1 Å². The molecule has 1 fully saturated rings. The Morgan fingerprint density at radius 2 is 1.73 bits per heavy atom. The minimum atomic E-state index is -3.66. The van der Waals surface area contributed by atoms with Crippen LogP contribution in [0.4, 0.5) is 5.69 Å². The zero-order chi connectivity index (χ0) is 24.0. The average molecular weight is 474 g/mol. The lowest BCUT2D eigenvalue weighted by Gasteiger charge is -2.31. The number of carbonyl (C=O) groups excluding carboxylic acids is 1. The van der Waals surface area contributed by atoms with Crippen LogP contribution in [0, 0.1) is 13.8 Å². The van der Waals surface area contributed by atoms with Crippen molar-refractivity contribution in [1.29, 1.82) is 0 Å². The van der Waals surface area contributed by atoms with Gasteiger partial charge in [0.2, 0.25) is 15.9 Å². The van der Waals surface area contributed by atoms with E-state index in [4.69, 9.17) is 4.74 Å². The minimum absolute atomic E-state index is 0.304. The molecule has 7 nitrogen and oxygen atoms in total. The molecule has 0 saturated carbocycles. The highest BCUT2D eigenvalue weighted by molar-refractivity contribution is 7.92. The van der Waals surface area contributed by atoms with Gasteiger partial charge in [-0.15, -0.1) is 0 Å². The molecule has 33 heavy (non-hydrogen) atoms. The summed E-state index contributed by atoms with van der Waals surface area (Å²) in [7, 11) is -3.66. The van der Waals surface area contributed by atoms with Crippen LogP contribution in [-0.2, 0) is 32.6 Å². The van der Waals surface area contributed by atoms with Crippen LogP contribution < -0.4 is 9.62 Å². The first-order chi connectivity index (χ1) is 15.7. The van der Waals surface area contributed by atoms with Gasteiger partial charge in [0.25, 0.3) is 0 Å². The van der Waals surface area contributed by atoms with E-state index in [-0.39, 0.29) is 5.91 Å². The molecule has 1 aliphatic rings. The number of sulfonamides is 1. The highest BCUT2D eigenvalue weighted by atomic mass is 32.2. The molecule has 1 saturated heterocycles. The summed E-state index contributed by atoms with van der Waals surface area (Å²) in [4.78, 5) is 15.5. The molecule has 0 radical (unpaired) electrons. The fraction of sp³-hybridized carbons (Fsp3) is 0.480. The Hall–Kier alpha value is -2.42. The Bertz CT molecular complexity index is 1050. The molecule has 1 amide bonds. The van der Waals surface area contributed by atoms with Gasteiger partial charge < -0.3 is 10.1 Å². The predicted molar refractivity (Wildman–Crippen MR) is 132 cm³/mol. The summed E-state index contributed by atoms with van der Waals surface area (Å²) >= 11 is 0. The number of hydrogen-bond acceptors (Lipinski definition) is 5. The van der Waals surface area contributed by atoms with Crippen LogP contribution in [0.3, 0.4) is 0 Å². The van der Waals surface area contributed by atoms with Gasteiger partial charge in [0.1, 0.15) is 6.04 Å². The summed E-state index contributed by atoms with van der Waals surface area (Å²) in [6.45, 7) is 10.2. The Balaban J connectivity index is 1.68. The maximum atomic E-state index is 13.1. The van der Waals surface area contributed by atoms with Crippen molar-refractivity contribution < 1.29 is 17.9 Å². The molecule has 2 aromatic carbocycles. The molecule has 0 aliphatic carbocycles.